The molecule has 1 aliphatic rings. The fraction of sp³-hybridized carbons (Fsp3) is 0.211. The van der Waals surface area contributed by atoms with Crippen molar-refractivity contribution in [3.63, 3.8) is 0 Å². The first kappa shape index (κ1) is 17.1. The zero-order valence-electron chi connectivity index (χ0n) is 14.3. The van der Waals surface area contributed by atoms with E-state index < -0.39 is 10.0 Å². The summed E-state index contributed by atoms with van der Waals surface area (Å²) in [5.74, 6) is 1.46. The number of anilines is 1. The number of fused-ring (bicyclic) bond motifs is 1. The van der Waals surface area contributed by atoms with Gasteiger partial charge in [-0.1, -0.05) is 25.1 Å². The highest BCUT2D eigenvalue weighted by Crippen LogP contribution is 2.35. The minimum Gasteiger partial charge on any atom is -0.457 e. The van der Waals surface area contributed by atoms with Gasteiger partial charge in [-0.3, -0.25) is 0 Å². The molecule has 0 bridgehead atoms. The normalized spacial score (nSPS) is 15.5. The highest BCUT2D eigenvalue weighted by atomic mass is 32.2. The predicted octanol–water partition coefficient (Wildman–Crippen LogP) is 4.25. The number of ether oxygens (including phenoxy) is 1. The number of sulfonamides is 1. The molecule has 134 valence electrons. The lowest BCUT2D eigenvalue weighted by molar-refractivity contribution is 0.475. The van der Waals surface area contributed by atoms with Gasteiger partial charge in [0.1, 0.15) is 11.5 Å². The molecule has 7 heteroatoms. The van der Waals surface area contributed by atoms with Crippen LogP contribution in [-0.4, -0.2) is 19.9 Å². The van der Waals surface area contributed by atoms with Crippen LogP contribution >= 0.6 is 11.3 Å². The van der Waals surface area contributed by atoms with Gasteiger partial charge in [0.2, 0.25) is 0 Å². The van der Waals surface area contributed by atoms with E-state index in [0.29, 0.717) is 28.7 Å². The average molecular weight is 386 g/mol. The maximum absolute atomic E-state index is 12.9. The minimum atomic E-state index is -3.58. The predicted molar refractivity (Wildman–Crippen MR) is 103 cm³/mol. The Kier molecular flexibility index (Phi) is 4.42. The van der Waals surface area contributed by atoms with Gasteiger partial charge < -0.3 is 4.74 Å². The molecule has 0 spiro atoms. The fourth-order valence-electron chi connectivity index (χ4n) is 3.09. The molecule has 0 saturated heterocycles. The number of rotatable bonds is 4. The number of hydrogen-bond acceptors (Lipinski definition) is 5. The Hall–Kier alpha value is -2.38. The van der Waals surface area contributed by atoms with E-state index in [1.54, 1.807) is 23.7 Å². The van der Waals surface area contributed by atoms with Crippen molar-refractivity contribution in [3.8, 4) is 11.5 Å². The molecule has 3 aromatic rings. The first-order valence-corrected chi connectivity index (χ1v) is 10.7. The van der Waals surface area contributed by atoms with Crippen molar-refractivity contribution in [2.45, 2.75) is 24.7 Å². The van der Waals surface area contributed by atoms with Gasteiger partial charge in [-0.05, 0) is 48.2 Å². The quantitative estimate of drug-likeness (QED) is 0.673. The lowest BCUT2D eigenvalue weighted by Crippen LogP contribution is -2.37. The van der Waals surface area contributed by atoms with Crippen LogP contribution in [0.2, 0.25) is 0 Å². The molecular weight excluding hydrogens is 368 g/mol. The second-order valence-electron chi connectivity index (χ2n) is 5.97. The molecule has 0 unspecified atom stereocenters. The number of nitrogens with zero attached hydrogens (tertiary/aromatic N) is 2. The minimum absolute atomic E-state index is 0.329. The standard InChI is InChI=1S/C19H18N2O3S2/c1-2-14-5-3-4-6-17(14)24-16-7-8-18-15(13-16)9-11-21(26(18,22)23)19-20-10-12-25-19/h3-8,10,12-13H,2,9,11H2,1H3. The van der Waals surface area contributed by atoms with Crippen LogP contribution in [0.1, 0.15) is 18.1 Å². The molecule has 1 aliphatic heterocycles. The topological polar surface area (TPSA) is 59.5 Å². The van der Waals surface area contributed by atoms with E-state index in [-0.39, 0.29) is 0 Å². The molecule has 0 aliphatic carbocycles. The van der Waals surface area contributed by atoms with Gasteiger partial charge in [0.25, 0.3) is 10.0 Å². The Morgan fingerprint density at radius 3 is 2.85 bits per heavy atom. The number of thiazole rings is 1. The van der Waals surface area contributed by atoms with Crippen LogP contribution in [0.25, 0.3) is 0 Å². The second kappa shape index (κ2) is 6.74. The van der Waals surface area contributed by atoms with E-state index in [9.17, 15) is 8.42 Å². The maximum Gasteiger partial charge on any atom is 0.266 e. The van der Waals surface area contributed by atoms with Gasteiger partial charge in [0.15, 0.2) is 5.13 Å². The van der Waals surface area contributed by atoms with E-state index in [2.05, 4.69) is 11.9 Å². The van der Waals surface area contributed by atoms with Gasteiger partial charge in [-0.2, -0.15) is 0 Å². The van der Waals surface area contributed by atoms with Crippen molar-refractivity contribution in [2.75, 3.05) is 10.8 Å². The monoisotopic (exact) mass is 386 g/mol. The first-order chi connectivity index (χ1) is 12.6. The number of benzene rings is 2. The first-order valence-electron chi connectivity index (χ1n) is 8.40. The van der Waals surface area contributed by atoms with Gasteiger partial charge in [-0.15, -0.1) is 11.3 Å². The van der Waals surface area contributed by atoms with E-state index in [0.717, 1.165) is 23.3 Å². The zero-order chi connectivity index (χ0) is 18.1. The summed E-state index contributed by atoms with van der Waals surface area (Å²) in [6, 6.07) is 13.1. The van der Waals surface area contributed by atoms with Crippen LogP contribution < -0.4 is 9.04 Å². The van der Waals surface area contributed by atoms with Gasteiger partial charge in [0, 0.05) is 18.1 Å². The van der Waals surface area contributed by atoms with Crippen LogP contribution in [0.5, 0.6) is 11.5 Å². The molecule has 0 atom stereocenters. The highest BCUT2D eigenvalue weighted by molar-refractivity contribution is 7.93. The third kappa shape index (κ3) is 2.97. The Balaban J connectivity index is 1.67. The van der Waals surface area contributed by atoms with Crippen LogP contribution in [-0.2, 0) is 22.9 Å². The molecule has 2 heterocycles. The van der Waals surface area contributed by atoms with Crippen molar-refractivity contribution in [1.29, 1.82) is 0 Å². The number of hydrogen-bond donors (Lipinski definition) is 0. The molecule has 0 fully saturated rings. The zero-order valence-corrected chi connectivity index (χ0v) is 15.9. The van der Waals surface area contributed by atoms with E-state index in [1.165, 1.54) is 15.6 Å². The highest BCUT2D eigenvalue weighted by Gasteiger charge is 2.33. The molecule has 26 heavy (non-hydrogen) atoms. The third-order valence-corrected chi connectivity index (χ3v) is 7.20. The lowest BCUT2D eigenvalue weighted by atomic mass is 10.1. The molecule has 0 radical (unpaired) electrons. The SMILES string of the molecule is CCc1ccccc1Oc1ccc2c(c1)CCN(c1nccs1)S2(=O)=O. The number of aromatic nitrogens is 1. The summed E-state index contributed by atoms with van der Waals surface area (Å²) in [6.45, 7) is 2.46. The summed E-state index contributed by atoms with van der Waals surface area (Å²) in [6.07, 6.45) is 3.12. The average Bonchev–Trinajstić information content (AvgIpc) is 3.16. The van der Waals surface area contributed by atoms with Crippen molar-refractivity contribution < 1.29 is 13.2 Å². The fourth-order valence-corrected chi connectivity index (χ4v) is 5.64. The Morgan fingerprint density at radius 1 is 1.23 bits per heavy atom. The summed E-state index contributed by atoms with van der Waals surface area (Å²) in [5.41, 5.74) is 1.90. The van der Waals surface area contributed by atoms with Crippen molar-refractivity contribution in [3.05, 3.63) is 65.2 Å². The van der Waals surface area contributed by atoms with E-state index in [4.69, 9.17) is 4.74 Å². The van der Waals surface area contributed by atoms with Crippen molar-refractivity contribution >= 4 is 26.5 Å². The molecule has 2 aromatic carbocycles. The van der Waals surface area contributed by atoms with Crippen LogP contribution in [0, 0.1) is 0 Å². The molecule has 0 amide bonds. The summed E-state index contributed by atoms with van der Waals surface area (Å²) in [7, 11) is -3.58. The number of para-hydroxylation sites is 1. The van der Waals surface area contributed by atoms with Crippen molar-refractivity contribution in [1.82, 2.24) is 4.98 Å². The molecule has 4 rings (SSSR count). The molecular formula is C19H18N2O3S2. The summed E-state index contributed by atoms with van der Waals surface area (Å²) >= 11 is 1.33. The lowest BCUT2D eigenvalue weighted by Gasteiger charge is -2.28. The summed E-state index contributed by atoms with van der Waals surface area (Å²) < 4.78 is 33.2. The van der Waals surface area contributed by atoms with Gasteiger partial charge >= 0.3 is 0 Å². The molecule has 1 aromatic heterocycles. The largest absolute Gasteiger partial charge is 0.457 e. The third-order valence-electron chi connectivity index (χ3n) is 4.40. The van der Waals surface area contributed by atoms with Crippen LogP contribution in [0.4, 0.5) is 5.13 Å². The summed E-state index contributed by atoms with van der Waals surface area (Å²) in [4.78, 5) is 4.47. The molecule has 0 N–H and O–H groups in total. The van der Waals surface area contributed by atoms with E-state index in [1.807, 2.05) is 30.3 Å². The Morgan fingerprint density at radius 2 is 2.08 bits per heavy atom. The smallest absolute Gasteiger partial charge is 0.266 e. The van der Waals surface area contributed by atoms with Crippen LogP contribution in [0.15, 0.2) is 58.9 Å². The molecule has 0 saturated carbocycles. The Bertz CT molecular complexity index is 1030. The number of aryl methyl sites for hydroxylation is 1. The Labute approximate surface area is 156 Å². The van der Waals surface area contributed by atoms with Crippen LogP contribution in [0.3, 0.4) is 0 Å². The van der Waals surface area contributed by atoms with Gasteiger partial charge in [-0.25, -0.2) is 17.7 Å². The second-order valence-corrected chi connectivity index (χ2v) is 8.68. The summed E-state index contributed by atoms with van der Waals surface area (Å²) in [5, 5.41) is 2.29. The van der Waals surface area contributed by atoms with Gasteiger partial charge in [0.05, 0.1) is 4.90 Å². The maximum atomic E-state index is 12.9. The van der Waals surface area contributed by atoms with E-state index >= 15 is 0 Å². The molecule has 5 nitrogen and oxygen atoms in total. The van der Waals surface area contributed by atoms with Crippen molar-refractivity contribution in [2.24, 2.45) is 0 Å².